The Hall–Kier alpha value is -1.92. The molecule has 0 radical (unpaired) electrons. The lowest BCUT2D eigenvalue weighted by Crippen LogP contribution is -2.18. The lowest BCUT2D eigenvalue weighted by molar-refractivity contribution is -0.507. The third kappa shape index (κ3) is 4.21. The summed E-state index contributed by atoms with van der Waals surface area (Å²) in [5.41, 5.74) is 0.441. The van der Waals surface area contributed by atoms with Crippen LogP contribution in [0.15, 0.2) is 22.0 Å². The van der Waals surface area contributed by atoms with Gasteiger partial charge in [-0.2, -0.15) is 0 Å². The quantitative estimate of drug-likeness (QED) is 0.311. The molecule has 0 aliphatic rings. The van der Waals surface area contributed by atoms with E-state index in [-0.39, 0.29) is 5.71 Å². The van der Waals surface area contributed by atoms with Gasteiger partial charge < -0.3 is 10.4 Å². The second kappa shape index (κ2) is 6.52. The fourth-order valence-electron chi connectivity index (χ4n) is 0.995. The fraction of sp³-hybridized carbons (Fsp3) is 0.500. The van der Waals surface area contributed by atoms with E-state index in [0.717, 1.165) is 6.21 Å². The van der Waals surface area contributed by atoms with E-state index in [0.29, 0.717) is 12.0 Å². The van der Waals surface area contributed by atoms with Gasteiger partial charge >= 0.3 is 0 Å². The van der Waals surface area contributed by atoms with E-state index in [4.69, 9.17) is 10.4 Å². The average molecular weight is 215 g/mol. The molecule has 0 spiro atoms. The van der Waals surface area contributed by atoms with Gasteiger partial charge in [0.2, 0.25) is 6.04 Å². The fourth-order valence-corrected chi connectivity index (χ4v) is 0.995. The Morgan fingerprint density at radius 3 is 2.53 bits per heavy atom. The molecular formula is C8H13N3O4. The predicted molar refractivity (Wildman–Crippen MR) is 54.3 cm³/mol. The lowest BCUT2D eigenvalue weighted by atomic mass is 10.1. The molecule has 0 saturated heterocycles. The summed E-state index contributed by atoms with van der Waals surface area (Å²) in [6.07, 6.45) is 2.65. The second-order valence-corrected chi connectivity index (χ2v) is 2.80. The van der Waals surface area contributed by atoms with Gasteiger partial charge in [-0.05, 0) is 12.5 Å². The number of hydrogen-bond donors (Lipinski definition) is 2. The van der Waals surface area contributed by atoms with Gasteiger partial charge in [0.05, 0.1) is 6.21 Å². The summed E-state index contributed by atoms with van der Waals surface area (Å²) in [6.45, 7) is 3.18. The molecule has 0 rings (SSSR count). The molecule has 15 heavy (non-hydrogen) atoms. The monoisotopic (exact) mass is 215 g/mol. The van der Waals surface area contributed by atoms with Gasteiger partial charge in [-0.3, -0.25) is 10.1 Å². The molecule has 7 heteroatoms. The minimum Gasteiger partial charge on any atom is -0.411 e. The van der Waals surface area contributed by atoms with Gasteiger partial charge in [0.15, 0.2) is 0 Å². The highest BCUT2D eigenvalue weighted by Crippen LogP contribution is 2.09. The van der Waals surface area contributed by atoms with Crippen LogP contribution in [-0.2, 0) is 0 Å². The molecule has 0 amide bonds. The summed E-state index contributed by atoms with van der Waals surface area (Å²) in [5.74, 6) is 0. The summed E-state index contributed by atoms with van der Waals surface area (Å²) in [6, 6.07) is -0.862. The molecule has 84 valence electrons. The van der Waals surface area contributed by atoms with Gasteiger partial charge in [-0.1, -0.05) is 17.2 Å². The Bertz CT molecular complexity index is 309. The molecule has 0 heterocycles. The molecule has 0 aromatic heterocycles. The van der Waals surface area contributed by atoms with Crippen molar-refractivity contribution < 1.29 is 15.3 Å². The molecule has 2 N–H and O–H groups in total. The Kier molecular flexibility index (Phi) is 5.69. The molecule has 1 unspecified atom stereocenters. The third-order valence-corrected chi connectivity index (χ3v) is 1.90. The SMILES string of the molecule is CCC(=CC(C=NO)=NO)C(C)[N+](=O)[O-]. The first-order valence-corrected chi connectivity index (χ1v) is 4.30. The minimum atomic E-state index is -0.862. The van der Waals surface area contributed by atoms with E-state index >= 15 is 0 Å². The van der Waals surface area contributed by atoms with Crippen molar-refractivity contribution in [3.05, 3.63) is 21.8 Å². The molecule has 0 aliphatic heterocycles. The van der Waals surface area contributed by atoms with E-state index in [2.05, 4.69) is 10.3 Å². The van der Waals surface area contributed by atoms with Crippen LogP contribution in [0.25, 0.3) is 0 Å². The number of rotatable bonds is 5. The van der Waals surface area contributed by atoms with Gasteiger partial charge in [-0.25, -0.2) is 0 Å². The van der Waals surface area contributed by atoms with Gasteiger partial charge in [-0.15, -0.1) is 0 Å². The van der Waals surface area contributed by atoms with E-state index in [1.807, 2.05) is 0 Å². The van der Waals surface area contributed by atoms with Crippen molar-refractivity contribution in [3.63, 3.8) is 0 Å². The van der Waals surface area contributed by atoms with Gasteiger partial charge in [0.25, 0.3) is 0 Å². The summed E-state index contributed by atoms with van der Waals surface area (Å²) in [4.78, 5) is 10.1. The predicted octanol–water partition coefficient (Wildman–Crippen LogP) is 1.28. The van der Waals surface area contributed by atoms with Crippen LogP contribution in [-0.4, -0.2) is 33.3 Å². The highest BCUT2D eigenvalue weighted by atomic mass is 16.6. The molecule has 0 bridgehead atoms. The molecular weight excluding hydrogens is 202 g/mol. The highest BCUT2D eigenvalue weighted by Gasteiger charge is 2.17. The third-order valence-electron chi connectivity index (χ3n) is 1.90. The van der Waals surface area contributed by atoms with Crippen molar-refractivity contribution in [1.29, 1.82) is 0 Å². The molecule has 0 aliphatic carbocycles. The molecule has 7 nitrogen and oxygen atoms in total. The zero-order valence-corrected chi connectivity index (χ0v) is 8.49. The van der Waals surface area contributed by atoms with Crippen LogP contribution >= 0.6 is 0 Å². The molecule has 0 fully saturated rings. The molecule has 1 atom stereocenters. The first-order chi connectivity index (χ1) is 7.06. The smallest absolute Gasteiger partial charge is 0.231 e. The first-order valence-electron chi connectivity index (χ1n) is 4.30. The van der Waals surface area contributed by atoms with Crippen LogP contribution in [0.5, 0.6) is 0 Å². The van der Waals surface area contributed by atoms with Crippen molar-refractivity contribution in [2.75, 3.05) is 0 Å². The summed E-state index contributed by atoms with van der Waals surface area (Å²) in [7, 11) is 0. The Labute approximate surface area is 86.5 Å². The topological polar surface area (TPSA) is 108 Å². The van der Waals surface area contributed by atoms with Crippen LogP contribution in [0.4, 0.5) is 0 Å². The number of nitrogens with zero attached hydrogens (tertiary/aromatic N) is 3. The van der Waals surface area contributed by atoms with Crippen molar-refractivity contribution in [3.8, 4) is 0 Å². The Morgan fingerprint density at radius 1 is 1.60 bits per heavy atom. The maximum Gasteiger partial charge on any atom is 0.231 e. The van der Waals surface area contributed by atoms with E-state index in [1.54, 1.807) is 6.92 Å². The van der Waals surface area contributed by atoms with Crippen molar-refractivity contribution in [2.45, 2.75) is 26.3 Å². The normalized spacial score (nSPS) is 15.6. The maximum absolute atomic E-state index is 10.5. The summed E-state index contributed by atoms with van der Waals surface area (Å²) >= 11 is 0. The minimum absolute atomic E-state index is 0.0388. The standard InChI is InChI=1S/C8H13N3O4/c1-3-7(6(2)11(14)15)4-8(10-13)5-9-12/h4-6,12-13H,3H2,1-2H3. The van der Waals surface area contributed by atoms with E-state index < -0.39 is 11.0 Å². The second-order valence-electron chi connectivity index (χ2n) is 2.80. The number of nitro groups is 1. The van der Waals surface area contributed by atoms with Crippen LogP contribution < -0.4 is 0 Å². The summed E-state index contributed by atoms with van der Waals surface area (Å²) < 4.78 is 0. The van der Waals surface area contributed by atoms with E-state index in [1.165, 1.54) is 13.0 Å². The van der Waals surface area contributed by atoms with Crippen molar-refractivity contribution >= 4 is 11.9 Å². The van der Waals surface area contributed by atoms with Gasteiger partial charge in [0.1, 0.15) is 5.71 Å². The zero-order chi connectivity index (χ0) is 11.8. The van der Waals surface area contributed by atoms with Crippen LogP contribution in [0.3, 0.4) is 0 Å². The molecule has 0 aromatic rings. The number of hydrogen-bond acceptors (Lipinski definition) is 6. The van der Waals surface area contributed by atoms with Crippen LogP contribution in [0.1, 0.15) is 20.3 Å². The van der Waals surface area contributed by atoms with Gasteiger partial charge in [0, 0.05) is 17.4 Å². The van der Waals surface area contributed by atoms with E-state index in [9.17, 15) is 10.1 Å². The molecule has 0 aromatic carbocycles. The number of allylic oxidation sites excluding steroid dienone is 1. The maximum atomic E-state index is 10.5. The average Bonchev–Trinajstić information content (AvgIpc) is 2.23. The first kappa shape index (κ1) is 13.1. The van der Waals surface area contributed by atoms with Crippen molar-refractivity contribution in [2.24, 2.45) is 10.3 Å². The zero-order valence-electron chi connectivity index (χ0n) is 8.49. The molecule has 0 saturated carbocycles. The van der Waals surface area contributed by atoms with Crippen molar-refractivity contribution in [1.82, 2.24) is 0 Å². The Balaban J connectivity index is 4.94. The summed E-state index contributed by atoms with van der Waals surface area (Å²) in [5, 5.41) is 32.7. The largest absolute Gasteiger partial charge is 0.411 e. The number of oxime groups is 2. The Morgan fingerprint density at radius 2 is 2.20 bits per heavy atom. The highest BCUT2D eigenvalue weighted by molar-refractivity contribution is 6.35. The lowest BCUT2D eigenvalue weighted by Gasteiger charge is -2.05. The van der Waals surface area contributed by atoms with Crippen LogP contribution in [0, 0.1) is 10.1 Å². The van der Waals surface area contributed by atoms with Crippen LogP contribution in [0.2, 0.25) is 0 Å².